The van der Waals surface area contributed by atoms with E-state index in [4.69, 9.17) is 20.7 Å². The Bertz CT molecular complexity index is 830. The van der Waals surface area contributed by atoms with E-state index < -0.39 is 41.5 Å². The number of carboxylic acid groups (broad SMARTS) is 2. The van der Waals surface area contributed by atoms with E-state index in [0.717, 1.165) is 6.42 Å². The van der Waals surface area contributed by atoms with E-state index in [1.165, 1.54) is 13.1 Å². The van der Waals surface area contributed by atoms with E-state index in [1.807, 2.05) is 0 Å². The first-order chi connectivity index (χ1) is 14.2. The maximum Gasteiger partial charge on any atom is 0.408 e. The molecule has 1 aromatic heterocycles. The molecule has 0 bridgehead atoms. The van der Waals surface area contributed by atoms with Crippen molar-refractivity contribution in [3.8, 4) is 0 Å². The molecular formula is C18H29N5O7S. The van der Waals surface area contributed by atoms with Gasteiger partial charge in [0, 0.05) is 0 Å². The van der Waals surface area contributed by atoms with E-state index in [-0.39, 0.29) is 17.8 Å². The lowest BCUT2D eigenvalue weighted by atomic mass is 10.0. The minimum Gasteiger partial charge on any atom is -0.481 e. The van der Waals surface area contributed by atoms with Crippen molar-refractivity contribution in [2.75, 3.05) is 0 Å². The molecule has 5 atom stereocenters. The molecule has 7 N–H and O–H groups in total. The van der Waals surface area contributed by atoms with Crippen LogP contribution in [0, 0.1) is 28.3 Å². The van der Waals surface area contributed by atoms with Crippen molar-refractivity contribution >= 4 is 36.2 Å². The molecule has 2 fully saturated rings. The van der Waals surface area contributed by atoms with Crippen LogP contribution in [0.15, 0.2) is 6.20 Å². The lowest BCUT2D eigenvalue weighted by Gasteiger charge is -2.20. The number of alkyl carbamates (subject to hydrolysis) is 1. The minimum absolute atomic E-state index is 0.0694. The van der Waals surface area contributed by atoms with Crippen LogP contribution in [0.1, 0.15) is 40.5 Å². The van der Waals surface area contributed by atoms with Crippen LogP contribution in [-0.2, 0) is 19.1 Å². The van der Waals surface area contributed by atoms with Crippen LogP contribution in [-0.4, -0.2) is 61.2 Å². The Hall–Kier alpha value is -2.96. The van der Waals surface area contributed by atoms with Crippen LogP contribution in [0.3, 0.4) is 0 Å². The molecule has 3 rings (SSSR count). The van der Waals surface area contributed by atoms with Gasteiger partial charge in [-0.3, -0.25) is 19.5 Å². The van der Waals surface area contributed by atoms with E-state index in [0.29, 0.717) is 11.1 Å². The SMILES string of the molecule is CC(NC(=O)OC(C)(C)C)C(N)=O.O=C(O)C1CCC2C(C(=O)O)C12.S=c1cn[nH][nH]1. The topological polar surface area (TPSA) is 200 Å². The third-order valence-electron chi connectivity index (χ3n) is 4.69. The number of nitrogens with zero attached hydrogens (tertiary/aromatic N) is 1. The first kappa shape index (κ1) is 26.1. The van der Waals surface area contributed by atoms with Crippen LogP contribution >= 0.6 is 12.2 Å². The van der Waals surface area contributed by atoms with Gasteiger partial charge >= 0.3 is 18.0 Å². The van der Waals surface area contributed by atoms with Gasteiger partial charge in [-0.05, 0) is 52.4 Å². The monoisotopic (exact) mass is 459 g/mol. The summed E-state index contributed by atoms with van der Waals surface area (Å²) in [6.45, 7) is 6.71. The Balaban J connectivity index is 0.000000247. The van der Waals surface area contributed by atoms with Crippen LogP contribution in [0.5, 0.6) is 0 Å². The largest absolute Gasteiger partial charge is 0.481 e. The average molecular weight is 460 g/mol. The highest BCUT2D eigenvalue weighted by molar-refractivity contribution is 7.71. The maximum atomic E-state index is 11.0. The number of ether oxygens (including phenoxy) is 1. The zero-order valence-electron chi connectivity index (χ0n) is 17.7. The van der Waals surface area contributed by atoms with Gasteiger partial charge in [0.05, 0.1) is 18.0 Å². The summed E-state index contributed by atoms with van der Waals surface area (Å²) in [6.07, 6.45) is 2.33. The molecule has 1 aromatic rings. The third kappa shape index (κ3) is 8.74. The number of rotatable bonds is 4. The lowest BCUT2D eigenvalue weighted by molar-refractivity contribution is -0.143. The summed E-state index contributed by atoms with van der Waals surface area (Å²) in [5.74, 6) is -2.91. The van der Waals surface area contributed by atoms with Gasteiger partial charge in [-0.25, -0.2) is 10.0 Å². The molecule has 174 valence electrons. The number of H-pyrrole nitrogens is 2. The van der Waals surface area contributed by atoms with Gasteiger partial charge in [0.25, 0.3) is 0 Å². The molecule has 2 saturated carbocycles. The molecule has 0 spiro atoms. The molecule has 31 heavy (non-hydrogen) atoms. The normalized spacial score (nSPS) is 24.1. The number of hydrogen-bond donors (Lipinski definition) is 6. The molecule has 0 aliphatic heterocycles. The Morgan fingerprint density at radius 2 is 1.87 bits per heavy atom. The van der Waals surface area contributed by atoms with Crippen molar-refractivity contribution in [1.29, 1.82) is 0 Å². The summed E-state index contributed by atoms with van der Waals surface area (Å²) in [5.41, 5.74) is 4.37. The summed E-state index contributed by atoms with van der Waals surface area (Å²) >= 11 is 4.60. The summed E-state index contributed by atoms with van der Waals surface area (Å²) in [7, 11) is 0. The zero-order chi connectivity index (χ0) is 23.9. The molecule has 0 radical (unpaired) electrons. The Labute approximate surface area is 183 Å². The summed E-state index contributed by atoms with van der Waals surface area (Å²) in [5, 5.41) is 28.2. The molecule has 12 nitrogen and oxygen atoms in total. The molecule has 2 aliphatic rings. The third-order valence-corrected chi connectivity index (χ3v) is 4.90. The molecular weight excluding hydrogens is 430 g/mol. The van der Waals surface area contributed by atoms with Gasteiger partial charge in [-0.15, -0.1) is 0 Å². The quantitative estimate of drug-likeness (QED) is 0.359. The number of primary amides is 1. The van der Waals surface area contributed by atoms with E-state index >= 15 is 0 Å². The summed E-state index contributed by atoms with van der Waals surface area (Å²) in [4.78, 5) is 42.7. The van der Waals surface area contributed by atoms with E-state index in [2.05, 4.69) is 32.9 Å². The molecule has 1 heterocycles. The van der Waals surface area contributed by atoms with Gasteiger partial charge in [0.2, 0.25) is 5.91 Å². The van der Waals surface area contributed by atoms with Crippen LogP contribution in [0.25, 0.3) is 0 Å². The van der Waals surface area contributed by atoms with Crippen LogP contribution in [0.2, 0.25) is 0 Å². The molecule has 5 unspecified atom stereocenters. The lowest BCUT2D eigenvalue weighted by Crippen LogP contribution is -2.44. The number of nitrogens with two attached hydrogens (primary N) is 1. The summed E-state index contributed by atoms with van der Waals surface area (Å²) in [6, 6.07) is -0.713. The maximum absolute atomic E-state index is 11.0. The number of amides is 2. The number of hydrogen-bond acceptors (Lipinski definition) is 7. The van der Waals surface area contributed by atoms with Gasteiger partial charge in [-0.2, -0.15) is 5.10 Å². The fourth-order valence-electron chi connectivity index (χ4n) is 3.29. The van der Waals surface area contributed by atoms with Crippen molar-refractivity contribution in [2.24, 2.45) is 29.4 Å². The van der Waals surface area contributed by atoms with E-state index in [1.54, 1.807) is 20.8 Å². The highest BCUT2D eigenvalue weighted by Crippen LogP contribution is 2.60. The second-order valence-corrected chi connectivity index (χ2v) is 8.70. The Morgan fingerprint density at radius 3 is 2.19 bits per heavy atom. The first-order valence-electron chi connectivity index (χ1n) is 9.57. The average Bonchev–Trinajstić information content (AvgIpc) is 2.92. The zero-order valence-corrected chi connectivity index (χ0v) is 18.6. The number of fused-ring (bicyclic) bond motifs is 1. The minimum atomic E-state index is -0.828. The molecule has 0 aromatic carbocycles. The Morgan fingerprint density at radius 1 is 1.26 bits per heavy atom. The van der Waals surface area contributed by atoms with E-state index in [9.17, 15) is 19.2 Å². The van der Waals surface area contributed by atoms with Gasteiger partial charge in [0.15, 0.2) is 0 Å². The smallest absolute Gasteiger partial charge is 0.408 e. The highest BCUT2D eigenvalue weighted by Gasteiger charge is 2.63. The standard InChI is InChI=1S/C8H16N2O3.C8H10O4.C2H3N3S/c1-5(6(9)11)10-7(12)13-8(2,3)4;9-7(10)4-2-1-3-5(4)6(3)8(11)12;6-2-1-3-5-4-2/h5H,1-4H3,(H2,9,11)(H,10,12);3-6H,1-2H2,(H,9,10)(H,11,12);1H,(H2,3,4,5,6). The molecule has 13 heteroatoms. The molecule has 0 saturated heterocycles. The number of carbonyl (C=O) groups excluding carboxylic acids is 2. The van der Waals surface area contributed by atoms with Crippen molar-refractivity contribution < 1.29 is 34.1 Å². The first-order valence-corrected chi connectivity index (χ1v) is 9.98. The molecule has 2 aliphatic carbocycles. The van der Waals surface area contributed by atoms with Crippen molar-refractivity contribution in [1.82, 2.24) is 20.7 Å². The van der Waals surface area contributed by atoms with Gasteiger partial charge in [-0.1, -0.05) is 12.2 Å². The fourth-order valence-corrected chi connectivity index (χ4v) is 3.39. The van der Waals surface area contributed by atoms with Gasteiger partial charge < -0.3 is 26.0 Å². The number of carboxylic acids is 2. The number of carbonyl (C=O) groups is 4. The highest BCUT2D eigenvalue weighted by atomic mass is 32.1. The van der Waals surface area contributed by atoms with Crippen LogP contribution in [0.4, 0.5) is 4.79 Å². The number of aliphatic carboxylic acids is 2. The van der Waals surface area contributed by atoms with Crippen molar-refractivity contribution in [3.05, 3.63) is 10.8 Å². The summed E-state index contributed by atoms with van der Waals surface area (Å²) < 4.78 is 5.53. The Kier molecular flexibility index (Phi) is 9.16. The predicted molar refractivity (Wildman–Crippen MR) is 110 cm³/mol. The van der Waals surface area contributed by atoms with Crippen LogP contribution < -0.4 is 11.1 Å². The van der Waals surface area contributed by atoms with Crippen molar-refractivity contribution in [3.63, 3.8) is 0 Å². The second-order valence-electron chi connectivity index (χ2n) is 8.26. The predicted octanol–water partition coefficient (Wildman–Crippen LogP) is 1.28. The van der Waals surface area contributed by atoms with Gasteiger partial charge in [0.1, 0.15) is 16.3 Å². The van der Waals surface area contributed by atoms with Crippen molar-refractivity contribution in [2.45, 2.75) is 52.2 Å². The number of nitrogens with one attached hydrogen (secondary N) is 3. The molecule has 2 amide bonds. The number of aromatic nitrogens is 3. The second kappa shape index (κ2) is 10.9. The number of aromatic amines is 2. The fraction of sp³-hybridized carbons (Fsp3) is 0.667.